The molecule has 0 aromatic heterocycles. The second-order valence-electron chi connectivity index (χ2n) is 2.92. The van der Waals surface area contributed by atoms with Gasteiger partial charge in [0, 0.05) is 14.5 Å². The molecule has 4 heteroatoms. The summed E-state index contributed by atoms with van der Waals surface area (Å²) >= 11 is 6.82. The summed E-state index contributed by atoms with van der Waals surface area (Å²) < 4.78 is 7.35. The highest BCUT2D eigenvalue weighted by molar-refractivity contribution is 9.11. The zero-order chi connectivity index (χ0) is 10.1. The number of rotatable bonds is 1. The van der Waals surface area contributed by atoms with E-state index in [1.165, 1.54) is 0 Å². The molecule has 0 bridgehead atoms. The molecule has 72 valence electrons. The molecule has 0 atom stereocenters. The van der Waals surface area contributed by atoms with E-state index >= 15 is 0 Å². The first-order chi connectivity index (χ1) is 6.65. The summed E-state index contributed by atoms with van der Waals surface area (Å²) in [6.07, 6.45) is 0. The Balaban J connectivity index is 2.37. The van der Waals surface area contributed by atoms with E-state index in [9.17, 15) is 0 Å². The Morgan fingerprint density at radius 3 is 2.36 bits per heavy atom. The van der Waals surface area contributed by atoms with Crippen LogP contribution in [0.2, 0.25) is 0 Å². The van der Waals surface area contributed by atoms with Gasteiger partial charge in [0.25, 0.3) is 0 Å². The van der Waals surface area contributed by atoms with Crippen LogP contribution in [0, 0.1) is 0 Å². The van der Waals surface area contributed by atoms with E-state index < -0.39 is 0 Å². The van der Waals surface area contributed by atoms with Crippen molar-refractivity contribution in [3.63, 3.8) is 0 Å². The molecule has 1 aromatic carbocycles. The quantitative estimate of drug-likeness (QED) is 0.777. The molecular weight excluding hydrogens is 310 g/mol. The van der Waals surface area contributed by atoms with Gasteiger partial charge in [0.2, 0.25) is 5.90 Å². The van der Waals surface area contributed by atoms with Gasteiger partial charge in [0.05, 0.1) is 0 Å². The molecule has 1 aromatic rings. The molecule has 0 radical (unpaired) electrons. The second-order valence-corrected chi connectivity index (χ2v) is 4.75. The number of hydrogen-bond donors (Lipinski definition) is 0. The average Bonchev–Trinajstić information content (AvgIpc) is 2.50. The van der Waals surface area contributed by atoms with Gasteiger partial charge in [0.1, 0.15) is 12.3 Å². The van der Waals surface area contributed by atoms with Crippen LogP contribution in [-0.2, 0) is 4.74 Å². The minimum Gasteiger partial charge on any atom is -0.442 e. The molecule has 0 unspecified atom stereocenters. The first kappa shape index (κ1) is 9.93. The van der Waals surface area contributed by atoms with Crippen molar-refractivity contribution < 1.29 is 4.74 Å². The minimum atomic E-state index is 0.555. The van der Waals surface area contributed by atoms with Crippen molar-refractivity contribution in [2.24, 2.45) is 4.99 Å². The Labute approximate surface area is 98.9 Å². The van der Waals surface area contributed by atoms with E-state index in [4.69, 9.17) is 4.74 Å². The smallest absolute Gasteiger partial charge is 0.222 e. The van der Waals surface area contributed by atoms with Crippen LogP contribution in [-0.4, -0.2) is 12.4 Å². The van der Waals surface area contributed by atoms with Crippen LogP contribution in [0.15, 0.2) is 44.5 Å². The molecule has 1 aliphatic rings. The third-order valence-corrected chi connectivity index (χ3v) is 2.67. The maximum atomic E-state index is 5.37. The highest BCUT2D eigenvalue weighted by Crippen LogP contribution is 2.23. The highest BCUT2D eigenvalue weighted by atomic mass is 79.9. The van der Waals surface area contributed by atoms with Crippen molar-refractivity contribution in [2.75, 3.05) is 6.54 Å². The number of halogens is 2. The van der Waals surface area contributed by atoms with Crippen molar-refractivity contribution in [3.8, 4) is 0 Å². The van der Waals surface area contributed by atoms with Crippen LogP contribution in [0.1, 0.15) is 5.56 Å². The number of benzene rings is 1. The Bertz CT molecular complexity index is 406. The summed E-state index contributed by atoms with van der Waals surface area (Å²) in [7, 11) is 0. The fraction of sp³-hybridized carbons (Fsp3) is 0.100. The van der Waals surface area contributed by atoms with E-state index in [0.29, 0.717) is 18.2 Å². The first-order valence-electron chi connectivity index (χ1n) is 4.02. The SMILES string of the molecule is C=C1CN=C(c2cc(Br)cc(Br)c2)O1. The summed E-state index contributed by atoms with van der Waals surface area (Å²) in [6.45, 7) is 4.27. The van der Waals surface area contributed by atoms with Gasteiger partial charge in [-0.2, -0.15) is 0 Å². The Morgan fingerprint density at radius 2 is 1.86 bits per heavy atom. The first-order valence-corrected chi connectivity index (χ1v) is 5.60. The zero-order valence-corrected chi connectivity index (χ0v) is 10.4. The van der Waals surface area contributed by atoms with E-state index in [1.54, 1.807) is 0 Å². The summed E-state index contributed by atoms with van der Waals surface area (Å²) in [5.74, 6) is 1.33. The molecule has 14 heavy (non-hydrogen) atoms. The van der Waals surface area contributed by atoms with Gasteiger partial charge in [0.15, 0.2) is 0 Å². The minimum absolute atomic E-state index is 0.555. The van der Waals surface area contributed by atoms with E-state index in [-0.39, 0.29) is 0 Å². The van der Waals surface area contributed by atoms with Crippen LogP contribution in [0.25, 0.3) is 0 Å². The van der Waals surface area contributed by atoms with E-state index in [1.807, 2.05) is 18.2 Å². The molecule has 0 spiro atoms. The van der Waals surface area contributed by atoms with Gasteiger partial charge in [-0.25, -0.2) is 4.99 Å². The van der Waals surface area contributed by atoms with Crippen LogP contribution >= 0.6 is 31.9 Å². The van der Waals surface area contributed by atoms with Gasteiger partial charge in [-0.05, 0) is 18.2 Å². The molecule has 0 saturated heterocycles. The number of nitrogens with zero attached hydrogens (tertiary/aromatic N) is 1. The van der Waals surface area contributed by atoms with Crippen molar-refractivity contribution in [1.82, 2.24) is 0 Å². The summed E-state index contributed by atoms with van der Waals surface area (Å²) in [6, 6.07) is 5.89. The molecule has 0 aliphatic carbocycles. The molecule has 1 heterocycles. The van der Waals surface area contributed by atoms with Crippen LogP contribution in [0.3, 0.4) is 0 Å². The summed E-state index contributed by atoms with van der Waals surface area (Å²) in [5.41, 5.74) is 0.949. The van der Waals surface area contributed by atoms with Crippen LogP contribution < -0.4 is 0 Å². The van der Waals surface area contributed by atoms with Gasteiger partial charge in [-0.3, -0.25) is 0 Å². The van der Waals surface area contributed by atoms with Crippen molar-refractivity contribution in [2.45, 2.75) is 0 Å². The standard InChI is InChI=1S/C10H7Br2NO/c1-6-5-13-10(14-6)7-2-8(11)4-9(12)3-7/h2-4H,1,5H2. The van der Waals surface area contributed by atoms with Gasteiger partial charge in [-0.1, -0.05) is 38.4 Å². The Morgan fingerprint density at radius 1 is 1.21 bits per heavy atom. The van der Waals surface area contributed by atoms with Crippen molar-refractivity contribution in [1.29, 1.82) is 0 Å². The fourth-order valence-electron chi connectivity index (χ4n) is 1.19. The van der Waals surface area contributed by atoms with Gasteiger partial charge >= 0.3 is 0 Å². The lowest BCUT2D eigenvalue weighted by Gasteiger charge is -2.03. The molecule has 0 saturated carbocycles. The molecule has 0 N–H and O–H groups in total. The van der Waals surface area contributed by atoms with Crippen molar-refractivity contribution >= 4 is 37.8 Å². The third-order valence-electron chi connectivity index (χ3n) is 1.75. The molecule has 0 fully saturated rings. The molecule has 1 aliphatic heterocycles. The maximum Gasteiger partial charge on any atom is 0.222 e. The zero-order valence-electron chi connectivity index (χ0n) is 7.26. The van der Waals surface area contributed by atoms with Gasteiger partial charge in [-0.15, -0.1) is 0 Å². The summed E-state index contributed by atoms with van der Waals surface area (Å²) in [5, 5.41) is 0. The van der Waals surface area contributed by atoms with E-state index in [0.717, 1.165) is 14.5 Å². The van der Waals surface area contributed by atoms with Crippen molar-refractivity contribution in [3.05, 3.63) is 45.0 Å². The molecular formula is C10H7Br2NO. The summed E-state index contributed by atoms with van der Waals surface area (Å²) in [4.78, 5) is 4.22. The predicted octanol–water partition coefficient (Wildman–Crippen LogP) is 3.50. The topological polar surface area (TPSA) is 21.6 Å². The largest absolute Gasteiger partial charge is 0.442 e. The lowest BCUT2D eigenvalue weighted by Crippen LogP contribution is -1.99. The average molecular weight is 317 g/mol. The fourth-order valence-corrected chi connectivity index (χ4v) is 2.48. The lowest BCUT2D eigenvalue weighted by atomic mass is 10.2. The molecule has 0 amide bonds. The number of hydrogen-bond acceptors (Lipinski definition) is 2. The normalized spacial score (nSPS) is 15.3. The molecule has 2 rings (SSSR count). The van der Waals surface area contributed by atoms with Crippen LogP contribution in [0.4, 0.5) is 0 Å². The lowest BCUT2D eigenvalue weighted by molar-refractivity contribution is 0.442. The monoisotopic (exact) mass is 315 g/mol. The van der Waals surface area contributed by atoms with E-state index in [2.05, 4.69) is 43.4 Å². The number of ether oxygens (including phenoxy) is 1. The predicted molar refractivity (Wildman–Crippen MR) is 63.5 cm³/mol. The number of aliphatic imine (C=N–C) groups is 1. The molecule has 2 nitrogen and oxygen atoms in total. The van der Waals surface area contributed by atoms with Gasteiger partial charge < -0.3 is 4.74 Å². The maximum absolute atomic E-state index is 5.37. The Hall–Kier alpha value is -0.610. The Kier molecular flexibility index (Phi) is 2.74. The van der Waals surface area contributed by atoms with Crippen LogP contribution in [0.5, 0.6) is 0 Å². The third kappa shape index (κ3) is 2.07. The highest BCUT2D eigenvalue weighted by Gasteiger charge is 2.14. The second kappa shape index (κ2) is 3.87.